The van der Waals surface area contributed by atoms with Crippen LogP contribution in [0.4, 0.5) is 0 Å². The molecular formula is C16H25ClN2O4. The van der Waals surface area contributed by atoms with Crippen LogP contribution < -0.4 is 25.3 Å². The van der Waals surface area contributed by atoms with Crippen molar-refractivity contribution in [2.75, 3.05) is 21.3 Å². The maximum Gasteiger partial charge on any atom is 0.224 e. The normalized spacial score (nSPS) is 19.7. The molecule has 2 atom stereocenters. The highest BCUT2D eigenvalue weighted by molar-refractivity contribution is 5.85. The van der Waals surface area contributed by atoms with E-state index in [1.165, 1.54) is 0 Å². The van der Waals surface area contributed by atoms with E-state index in [4.69, 9.17) is 19.9 Å². The fourth-order valence-corrected chi connectivity index (χ4v) is 2.87. The Kier molecular flexibility index (Phi) is 7.45. The third-order valence-electron chi connectivity index (χ3n) is 4.10. The van der Waals surface area contributed by atoms with Gasteiger partial charge in [-0.15, -0.1) is 12.4 Å². The quantitative estimate of drug-likeness (QED) is 0.823. The molecule has 1 fully saturated rings. The first-order valence-electron chi connectivity index (χ1n) is 7.42. The predicted octanol–water partition coefficient (Wildman–Crippen LogP) is 1.88. The van der Waals surface area contributed by atoms with Gasteiger partial charge in [-0.1, -0.05) is 6.42 Å². The molecule has 1 aromatic carbocycles. The van der Waals surface area contributed by atoms with Crippen LogP contribution in [0, 0.1) is 5.92 Å². The SMILES string of the molecule is COc1cc(CNC(=O)C2CCCC2N)cc(OC)c1OC.Cl. The molecule has 1 amide bonds. The van der Waals surface area contributed by atoms with Gasteiger partial charge in [-0.2, -0.15) is 0 Å². The second-order valence-corrected chi connectivity index (χ2v) is 5.45. The van der Waals surface area contributed by atoms with Crippen LogP contribution in [0.2, 0.25) is 0 Å². The van der Waals surface area contributed by atoms with Crippen LogP contribution in [0.5, 0.6) is 17.2 Å². The molecule has 130 valence electrons. The molecule has 6 nitrogen and oxygen atoms in total. The molecule has 1 saturated carbocycles. The van der Waals surface area contributed by atoms with Crippen molar-refractivity contribution >= 4 is 18.3 Å². The zero-order valence-corrected chi connectivity index (χ0v) is 14.6. The van der Waals surface area contributed by atoms with Crippen molar-refractivity contribution in [1.82, 2.24) is 5.32 Å². The molecule has 0 heterocycles. The van der Waals surface area contributed by atoms with Crippen LogP contribution in [0.25, 0.3) is 0 Å². The molecule has 7 heteroatoms. The fourth-order valence-electron chi connectivity index (χ4n) is 2.87. The van der Waals surface area contributed by atoms with Gasteiger partial charge in [-0.3, -0.25) is 4.79 Å². The third-order valence-corrected chi connectivity index (χ3v) is 4.10. The summed E-state index contributed by atoms with van der Waals surface area (Å²) >= 11 is 0. The number of methoxy groups -OCH3 is 3. The van der Waals surface area contributed by atoms with Crippen molar-refractivity contribution in [1.29, 1.82) is 0 Å². The minimum absolute atomic E-state index is 0. The maximum atomic E-state index is 12.2. The molecule has 0 bridgehead atoms. The summed E-state index contributed by atoms with van der Waals surface area (Å²) in [7, 11) is 4.69. The minimum atomic E-state index is -0.0814. The van der Waals surface area contributed by atoms with E-state index in [2.05, 4.69) is 5.32 Å². The second-order valence-electron chi connectivity index (χ2n) is 5.45. The van der Waals surface area contributed by atoms with Crippen LogP contribution in [-0.2, 0) is 11.3 Å². The van der Waals surface area contributed by atoms with Crippen molar-refractivity contribution < 1.29 is 19.0 Å². The molecule has 0 spiro atoms. The van der Waals surface area contributed by atoms with Crippen molar-refractivity contribution in [3.8, 4) is 17.2 Å². The van der Waals surface area contributed by atoms with Crippen molar-refractivity contribution in [3.63, 3.8) is 0 Å². The Bertz CT molecular complexity index is 514. The largest absolute Gasteiger partial charge is 0.493 e. The van der Waals surface area contributed by atoms with Gasteiger partial charge in [0, 0.05) is 12.6 Å². The third kappa shape index (κ3) is 4.42. The van der Waals surface area contributed by atoms with Gasteiger partial charge in [0.15, 0.2) is 11.5 Å². The van der Waals surface area contributed by atoms with Crippen LogP contribution in [0.3, 0.4) is 0 Å². The number of carbonyl (C=O) groups excluding carboxylic acids is 1. The highest BCUT2D eigenvalue weighted by Gasteiger charge is 2.30. The molecule has 2 unspecified atom stereocenters. The number of rotatable bonds is 6. The van der Waals surface area contributed by atoms with Gasteiger partial charge in [-0.05, 0) is 30.5 Å². The van der Waals surface area contributed by atoms with Crippen LogP contribution in [0.1, 0.15) is 24.8 Å². The highest BCUT2D eigenvalue weighted by Crippen LogP contribution is 2.38. The Balaban J connectivity index is 0.00000264. The van der Waals surface area contributed by atoms with Crippen molar-refractivity contribution in [2.24, 2.45) is 11.7 Å². The smallest absolute Gasteiger partial charge is 0.224 e. The summed E-state index contributed by atoms with van der Waals surface area (Å²) in [4.78, 5) is 12.2. The Hall–Kier alpha value is -1.66. The average molecular weight is 345 g/mol. The number of amides is 1. The topological polar surface area (TPSA) is 82.8 Å². The zero-order valence-electron chi connectivity index (χ0n) is 13.8. The maximum absolute atomic E-state index is 12.2. The Morgan fingerprint density at radius 2 is 1.78 bits per heavy atom. The van der Waals surface area contributed by atoms with E-state index in [0.29, 0.717) is 23.8 Å². The van der Waals surface area contributed by atoms with E-state index in [1.54, 1.807) is 21.3 Å². The van der Waals surface area contributed by atoms with Gasteiger partial charge in [0.25, 0.3) is 0 Å². The van der Waals surface area contributed by atoms with Gasteiger partial charge in [0.1, 0.15) is 0 Å². The number of nitrogens with one attached hydrogen (secondary N) is 1. The van der Waals surface area contributed by atoms with E-state index >= 15 is 0 Å². The molecule has 1 aromatic rings. The van der Waals surface area contributed by atoms with Gasteiger partial charge in [-0.25, -0.2) is 0 Å². The number of benzene rings is 1. The Labute approximate surface area is 143 Å². The molecule has 0 aliphatic heterocycles. The van der Waals surface area contributed by atoms with E-state index in [1.807, 2.05) is 12.1 Å². The lowest BCUT2D eigenvalue weighted by Crippen LogP contribution is -2.38. The number of nitrogens with two attached hydrogens (primary N) is 1. The molecule has 1 aliphatic carbocycles. The zero-order chi connectivity index (χ0) is 16.1. The molecule has 23 heavy (non-hydrogen) atoms. The van der Waals surface area contributed by atoms with Gasteiger partial charge in [0.05, 0.1) is 27.2 Å². The standard InChI is InChI=1S/C16H24N2O4.ClH/c1-20-13-7-10(8-14(21-2)15(13)22-3)9-18-16(19)11-5-4-6-12(11)17;/h7-8,11-12H,4-6,9,17H2,1-3H3,(H,18,19);1H. The number of halogens is 1. The molecule has 0 aromatic heterocycles. The molecular weight excluding hydrogens is 320 g/mol. The van der Waals surface area contributed by atoms with E-state index in [-0.39, 0.29) is 30.3 Å². The van der Waals surface area contributed by atoms with Gasteiger partial charge >= 0.3 is 0 Å². The van der Waals surface area contributed by atoms with Gasteiger partial charge < -0.3 is 25.3 Å². The number of carbonyl (C=O) groups is 1. The van der Waals surface area contributed by atoms with Crippen LogP contribution in [-0.4, -0.2) is 33.3 Å². The lowest BCUT2D eigenvalue weighted by molar-refractivity contribution is -0.125. The summed E-state index contributed by atoms with van der Waals surface area (Å²) in [5.74, 6) is 1.62. The first-order valence-corrected chi connectivity index (χ1v) is 7.42. The number of hydrogen-bond acceptors (Lipinski definition) is 5. The summed E-state index contributed by atoms with van der Waals surface area (Å²) in [5.41, 5.74) is 6.84. The summed E-state index contributed by atoms with van der Waals surface area (Å²) < 4.78 is 15.9. The summed E-state index contributed by atoms with van der Waals surface area (Å²) in [6.45, 7) is 0.402. The summed E-state index contributed by atoms with van der Waals surface area (Å²) in [6.07, 6.45) is 2.80. The van der Waals surface area contributed by atoms with E-state index in [0.717, 1.165) is 24.8 Å². The summed E-state index contributed by atoms with van der Waals surface area (Å²) in [6, 6.07) is 3.63. The van der Waals surface area contributed by atoms with Gasteiger partial charge in [0.2, 0.25) is 11.7 Å². The molecule has 0 saturated heterocycles. The second kappa shape index (κ2) is 8.84. The monoisotopic (exact) mass is 344 g/mol. The van der Waals surface area contributed by atoms with E-state index < -0.39 is 0 Å². The number of ether oxygens (including phenoxy) is 3. The highest BCUT2D eigenvalue weighted by atomic mass is 35.5. The first-order chi connectivity index (χ1) is 10.6. The lowest BCUT2D eigenvalue weighted by Gasteiger charge is -2.17. The number of hydrogen-bond donors (Lipinski definition) is 2. The predicted molar refractivity (Wildman–Crippen MR) is 90.5 cm³/mol. The van der Waals surface area contributed by atoms with Crippen molar-refractivity contribution in [2.45, 2.75) is 31.8 Å². The average Bonchev–Trinajstić information content (AvgIpc) is 2.97. The molecule has 2 rings (SSSR count). The molecule has 3 N–H and O–H groups in total. The molecule has 1 aliphatic rings. The first kappa shape index (κ1) is 19.4. The van der Waals surface area contributed by atoms with Crippen molar-refractivity contribution in [3.05, 3.63) is 17.7 Å². The minimum Gasteiger partial charge on any atom is -0.493 e. The lowest BCUT2D eigenvalue weighted by atomic mass is 10.0. The molecule has 0 radical (unpaired) electrons. The summed E-state index contributed by atoms with van der Waals surface area (Å²) in [5, 5.41) is 2.94. The van der Waals surface area contributed by atoms with Crippen LogP contribution in [0.15, 0.2) is 12.1 Å². The van der Waals surface area contributed by atoms with Crippen LogP contribution >= 0.6 is 12.4 Å². The Morgan fingerprint density at radius 3 is 2.22 bits per heavy atom. The Morgan fingerprint density at radius 1 is 1.17 bits per heavy atom. The van der Waals surface area contributed by atoms with E-state index in [9.17, 15) is 4.79 Å². The fraction of sp³-hybridized carbons (Fsp3) is 0.562.